The van der Waals surface area contributed by atoms with Crippen LogP contribution >= 0.6 is 15.9 Å². The summed E-state index contributed by atoms with van der Waals surface area (Å²) in [4.78, 5) is 19.7. The Balaban J connectivity index is 1.47. The number of nitrogens with zero attached hydrogens (tertiary/aromatic N) is 3. The summed E-state index contributed by atoms with van der Waals surface area (Å²) in [7, 11) is 0. The number of imidazole rings is 1. The maximum atomic E-state index is 12.9. The van der Waals surface area contributed by atoms with Crippen LogP contribution in [-0.4, -0.2) is 22.0 Å². The van der Waals surface area contributed by atoms with Crippen LogP contribution in [0.15, 0.2) is 89.4 Å². The number of hydrogen-bond acceptors (Lipinski definition) is 2. The molecule has 3 aromatic carbocycles. The highest BCUT2D eigenvalue weighted by molar-refractivity contribution is 9.10. The summed E-state index contributed by atoms with van der Waals surface area (Å²) in [6, 6.07) is 26.4. The number of allylic oxidation sites excluding steroid dienone is 1. The van der Waals surface area contributed by atoms with Crippen molar-refractivity contribution in [2.75, 3.05) is 11.4 Å². The van der Waals surface area contributed by atoms with Gasteiger partial charge < -0.3 is 9.47 Å². The van der Waals surface area contributed by atoms with E-state index in [1.807, 2.05) is 65.6 Å². The van der Waals surface area contributed by atoms with Gasteiger partial charge in [0.2, 0.25) is 5.91 Å². The Labute approximate surface area is 190 Å². The highest BCUT2D eigenvalue weighted by Crippen LogP contribution is 2.36. The monoisotopic (exact) mass is 471 g/mol. The van der Waals surface area contributed by atoms with E-state index in [9.17, 15) is 4.79 Å². The van der Waals surface area contributed by atoms with Gasteiger partial charge in [0.15, 0.2) is 0 Å². The molecule has 0 spiro atoms. The Kier molecular flexibility index (Phi) is 5.43. The number of rotatable bonds is 5. The van der Waals surface area contributed by atoms with Gasteiger partial charge in [0.25, 0.3) is 0 Å². The molecule has 4 nitrogen and oxygen atoms in total. The average Bonchev–Trinajstić information content (AvgIpc) is 3.35. The molecule has 4 aromatic rings. The Bertz CT molecular complexity index is 1260. The number of anilines is 1. The first-order chi connectivity index (χ1) is 15.2. The van der Waals surface area contributed by atoms with Crippen LogP contribution in [0.1, 0.15) is 23.7 Å². The minimum absolute atomic E-state index is 0.0529. The molecule has 1 atom stereocenters. The standard InChI is InChI=1S/C26H22BrN3O/c27-21-12-4-6-14-23(21)30-18-20(17-25(30)31)26-28-22-13-5-7-15-24(22)29(26)16-8-11-19-9-2-1-3-10-19/h1-15,20H,16-18H2/b11-8+. The lowest BCUT2D eigenvalue weighted by Gasteiger charge is -2.18. The van der Waals surface area contributed by atoms with Gasteiger partial charge in [-0.1, -0.05) is 66.7 Å². The highest BCUT2D eigenvalue weighted by atomic mass is 79.9. The van der Waals surface area contributed by atoms with E-state index in [1.54, 1.807) is 0 Å². The van der Waals surface area contributed by atoms with Crippen LogP contribution in [0.25, 0.3) is 17.1 Å². The molecule has 1 saturated heterocycles. The van der Waals surface area contributed by atoms with Crippen molar-refractivity contribution in [1.29, 1.82) is 0 Å². The van der Waals surface area contributed by atoms with Crippen molar-refractivity contribution >= 4 is 44.6 Å². The predicted octanol–water partition coefficient (Wildman–Crippen LogP) is 6.03. The van der Waals surface area contributed by atoms with Gasteiger partial charge in [-0.25, -0.2) is 4.98 Å². The number of carbonyl (C=O) groups is 1. The minimum atomic E-state index is 0.0529. The van der Waals surface area contributed by atoms with E-state index in [2.05, 4.69) is 50.8 Å². The number of hydrogen-bond donors (Lipinski definition) is 0. The second-order valence-electron chi connectivity index (χ2n) is 7.74. The summed E-state index contributed by atoms with van der Waals surface area (Å²) >= 11 is 3.59. The summed E-state index contributed by atoms with van der Waals surface area (Å²) in [6.07, 6.45) is 4.76. The fourth-order valence-corrected chi connectivity index (χ4v) is 4.74. The van der Waals surface area contributed by atoms with Crippen molar-refractivity contribution in [1.82, 2.24) is 9.55 Å². The number of amides is 1. The lowest BCUT2D eigenvalue weighted by molar-refractivity contribution is -0.117. The van der Waals surface area contributed by atoms with Crippen molar-refractivity contribution in [2.24, 2.45) is 0 Å². The van der Waals surface area contributed by atoms with Gasteiger partial charge >= 0.3 is 0 Å². The van der Waals surface area contributed by atoms with Gasteiger partial charge in [-0.05, 0) is 45.8 Å². The third-order valence-electron chi connectivity index (χ3n) is 5.72. The molecule has 154 valence electrons. The van der Waals surface area contributed by atoms with Crippen molar-refractivity contribution in [3.8, 4) is 0 Å². The van der Waals surface area contributed by atoms with Crippen LogP contribution in [0.5, 0.6) is 0 Å². The number of aromatic nitrogens is 2. The second kappa shape index (κ2) is 8.52. The Morgan fingerprint density at radius 2 is 1.71 bits per heavy atom. The Hall–Kier alpha value is -3.18. The van der Waals surface area contributed by atoms with Gasteiger partial charge in [0.05, 0.1) is 16.7 Å². The molecule has 5 heteroatoms. The van der Waals surface area contributed by atoms with E-state index < -0.39 is 0 Å². The molecule has 0 bridgehead atoms. The van der Waals surface area contributed by atoms with Crippen LogP contribution in [-0.2, 0) is 11.3 Å². The van der Waals surface area contributed by atoms with E-state index >= 15 is 0 Å². The summed E-state index contributed by atoms with van der Waals surface area (Å²) in [5.74, 6) is 1.16. The van der Waals surface area contributed by atoms with E-state index in [-0.39, 0.29) is 11.8 Å². The molecule has 1 fully saturated rings. The zero-order valence-electron chi connectivity index (χ0n) is 17.0. The molecular formula is C26H22BrN3O. The second-order valence-corrected chi connectivity index (χ2v) is 8.59. The Morgan fingerprint density at radius 1 is 0.968 bits per heavy atom. The number of para-hydroxylation sites is 3. The van der Waals surface area contributed by atoms with Crippen LogP contribution < -0.4 is 4.90 Å². The van der Waals surface area contributed by atoms with Crippen molar-refractivity contribution in [2.45, 2.75) is 18.9 Å². The molecule has 1 aliphatic heterocycles. The first-order valence-corrected chi connectivity index (χ1v) is 11.2. The van der Waals surface area contributed by atoms with E-state index in [0.717, 1.165) is 27.0 Å². The van der Waals surface area contributed by atoms with Gasteiger partial charge in [0.1, 0.15) is 5.82 Å². The normalized spacial score (nSPS) is 16.6. The zero-order chi connectivity index (χ0) is 21.2. The molecule has 1 aromatic heterocycles. The molecular weight excluding hydrogens is 450 g/mol. The number of carbonyl (C=O) groups excluding carboxylic acids is 1. The maximum Gasteiger partial charge on any atom is 0.227 e. The summed E-state index contributed by atoms with van der Waals surface area (Å²) < 4.78 is 3.18. The average molecular weight is 472 g/mol. The van der Waals surface area contributed by atoms with Crippen molar-refractivity contribution < 1.29 is 4.79 Å². The largest absolute Gasteiger partial charge is 0.324 e. The summed E-state index contributed by atoms with van der Waals surface area (Å²) in [5, 5.41) is 0. The van der Waals surface area contributed by atoms with Gasteiger partial charge in [-0.3, -0.25) is 4.79 Å². The quantitative estimate of drug-likeness (QED) is 0.356. The van der Waals surface area contributed by atoms with E-state index in [1.165, 1.54) is 5.56 Å². The molecule has 0 radical (unpaired) electrons. The predicted molar refractivity (Wildman–Crippen MR) is 129 cm³/mol. The number of benzene rings is 3. The van der Waals surface area contributed by atoms with Gasteiger partial charge in [-0.15, -0.1) is 0 Å². The molecule has 0 N–H and O–H groups in total. The fourth-order valence-electron chi connectivity index (χ4n) is 4.24. The van der Waals surface area contributed by atoms with Crippen LogP contribution in [0.3, 0.4) is 0 Å². The summed E-state index contributed by atoms with van der Waals surface area (Å²) in [5.41, 5.74) is 4.16. The van der Waals surface area contributed by atoms with E-state index in [4.69, 9.17) is 4.98 Å². The molecule has 0 aliphatic carbocycles. The zero-order valence-corrected chi connectivity index (χ0v) is 18.6. The SMILES string of the molecule is O=C1CC(c2nc3ccccc3n2C/C=C/c2ccccc2)CN1c1ccccc1Br. The first-order valence-electron chi connectivity index (χ1n) is 10.4. The lowest BCUT2D eigenvalue weighted by atomic mass is 10.1. The molecule has 0 saturated carbocycles. The third-order valence-corrected chi connectivity index (χ3v) is 6.39. The highest BCUT2D eigenvalue weighted by Gasteiger charge is 2.35. The van der Waals surface area contributed by atoms with Gasteiger partial charge in [0, 0.05) is 29.9 Å². The Morgan fingerprint density at radius 3 is 2.55 bits per heavy atom. The van der Waals surface area contributed by atoms with Crippen molar-refractivity contribution in [3.05, 3.63) is 101 Å². The van der Waals surface area contributed by atoms with Gasteiger partial charge in [-0.2, -0.15) is 0 Å². The molecule has 1 amide bonds. The molecule has 5 rings (SSSR count). The summed E-state index contributed by atoms with van der Waals surface area (Å²) in [6.45, 7) is 1.34. The molecule has 1 aliphatic rings. The van der Waals surface area contributed by atoms with Crippen LogP contribution in [0.2, 0.25) is 0 Å². The maximum absolute atomic E-state index is 12.9. The molecule has 31 heavy (non-hydrogen) atoms. The molecule has 1 unspecified atom stereocenters. The number of fused-ring (bicyclic) bond motifs is 1. The van der Waals surface area contributed by atoms with Crippen molar-refractivity contribution in [3.63, 3.8) is 0 Å². The number of halogens is 1. The van der Waals surface area contributed by atoms with Crippen LogP contribution in [0.4, 0.5) is 5.69 Å². The fraction of sp³-hybridized carbons (Fsp3) is 0.154. The minimum Gasteiger partial charge on any atom is -0.324 e. The smallest absolute Gasteiger partial charge is 0.227 e. The van der Waals surface area contributed by atoms with Crippen LogP contribution in [0, 0.1) is 0 Å². The molecule has 2 heterocycles. The third kappa shape index (κ3) is 3.93. The van der Waals surface area contributed by atoms with E-state index in [0.29, 0.717) is 19.5 Å². The topological polar surface area (TPSA) is 38.1 Å². The lowest BCUT2D eigenvalue weighted by Crippen LogP contribution is -2.24. The first kappa shape index (κ1) is 19.8.